The number of carbonyl (C=O) groups excluding carboxylic acids is 3. The third-order valence-corrected chi connectivity index (χ3v) is 7.97. The highest BCUT2D eigenvalue weighted by Gasteiger charge is 2.50. The fourth-order valence-corrected chi connectivity index (χ4v) is 5.84. The van der Waals surface area contributed by atoms with Crippen LogP contribution in [0.2, 0.25) is 0 Å². The number of alkyl halides is 3. The Morgan fingerprint density at radius 3 is 2.43 bits per heavy atom. The predicted molar refractivity (Wildman–Crippen MR) is 139 cm³/mol. The molecule has 0 saturated carbocycles. The number of halogens is 3. The Bertz CT molecular complexity index is 1480. The van der Waals surface area contributed by atoms with Gasteiger partial charge in [0.2, 0.25) is 11.8 Å². The molecule has 0 bridgehead atoms. The molecule has 5 rings (SSSR count). The summed E-state index contributed by atoms with van der Waals surface area (Å²) < 4.78 is 33.7. The van der Waals surface area contributed by atoms with Gasteiger partial charge >= 0.3 is 12.1 Å². The summed E-state index contributed by atoms with van der Waals surface area (Å²) in [5.74, 6) is -4.21. The van der Waals surface area contributed by atoms with E-state index in [2.05, 4.69) is 0 Å². The number of fused-ring (bicyclic) bond motifs is 1. The lowest BCUT2D eigenvalue weighted by molar-refractivity contribution is -0.688. The van der Waals surface area contributed by atoms with E-state index in [1.165, 1.54) is 16.7 Å². The third kappa shape index (κ3) is 6.74. The molecule has 2 amide bonds. The average Bonchev–Trinajstić information content (AvgIpc) is 3.27. The maximum atomic E-state index is 13.0. The van der Waals surface area contributed by atoms with Crippen molar-refractivity contribution in [2.75, 3.05) is 12.3 Å². The zero-order valence-electron chi connectivity index (χ0n) is 21.8. The number of aromatic hydroxyl groups is 1. The number of β-lactam (4-membered cyclic amide) rings is 1. The van der Waals surface area contributed by atoms with Gasteiger partial charge in [-0.3, -0.25) is 14.5 Å². The molecule has 2 saturated heterocycles. The summed E-state index contributed by atoms with van der Waals surface area (Å²) in [6.07, 6.45) is 0.868. The molecular formula is C27H25F3N4O7S. The molecule has 3 aliphatic rings. The predicted octanol–water partition coefficient (Wildman–Crippen LogP) is 0.266. The van der Waals surface area contributed by atoms with Gasteiger partial charge in [0.15, 0.2) is 18.9 Å². The zero-order valence-corrected chi connectivity index (χ0v) is 22.6. The van der Waals surface area contributed by atoms with Gasteiger partial charge in [0.25, 0.3) is 0 Å². The van der Waals surface area contributed by atoms with E-state index < -0.39 is 35.4 Å². The van der Waals surface area contributed by atoms with Crippen LogP contribution in [0.25, 0.3) is 0 Å². The topological polar surface area (TPSA) is 168 Å². The second kappa shape index (κ2) is 12.2. The number of rotatable bonds is 6. The monoisotopic (exact) mass is 606 g/mol. The van der Waals surface area contributed by atoms with Crippen molar-refractivity contribution in [1.82, 2.24) is 9.80 Å². The number of benzene rings is 1. The number of hydrogen-bond donors (Lipinski definition) is 3. The van der Waals surface area contributed by atoms with Gasteiger partial charge in [0, 0.05) is 42.1 Å². The summed E-state index contributed by atoms with van der Waals surface area (Å²) in [4.78, 5) is 48.7. The maximum Gasteiger partial charge on any atom is 0.490 e. The maximum absolute atomic E-state index is 13.0. The molecule has 2 atom stereocenters. The number of nitrogens with two attached hydrogens (primary N) is 1. The van der Waals surface area contributed by atoms with Crippen LogP contribution in [0.3, 0.4) is 0 Å². The molecule has 222 valence electrons. The lowest BCUT2D eigenvalue weighted by atomic mass is 10.0. The van der Waals surface area contributed by atoms with Gasteiger partial charge < -0.3 is 30.7 Å². The second-order valence-corrected chi connectivity index (χ2v) is 10.7. The molecular weight excluding hydrogens is 581 g/mol. The number of thioether (sulfide) groups is 1. The Kier molecular flexibility index (Phi) is 8.92. The number of carboxylic acids is 2. The minimum absolute atomic E-state index is 0.148. The van der Waals surface area contributed by atoms with E-state index in [4.69, 9.17) is 15.6 Å². The molecule has 15 heteroatoms. The van der Waals surface area contributed by atoms with Gasteiger partial charge in [-0.05, 0) is 35.8 Å². The number of phenolic OH excluding ortho intramolecular Hbond substituents is 1. The normalized spacial score (nSPS) is 21.1. The molecule has 0 aliphatic carbocycles. The first-order chi connectivity index (χ1) is 19.8. The highest BCUT2D eigenvalue weighted by Crippen LogP contribution is 2.40. The number of aliphatic carboxylic acids is 2. The molecule has 0 spiro atoms. The molecule has 1 aromatic carbocycles. The number of carboxylic acid groups (broad SMARTS) is 2. The molecule has 0 unspecified atom stereocenters. The van der Waals surface area contributed by atoms with Crippen LogP contribution in [0.1, 0.15) is 17.5 Å². The number of aromatic nitrogens is 1. The fourth-order valence-electron chi connectivity index (χ4n) is 4.59. The van der Waals surface area contributed by atoms with Crippen molar-refractivity contribution in [3.05, 3.63) is 82.8 Å². The summed E-state index contributed by atoms with van der Waals surface area (Å²) in [5, 5.41) is 28.1. The van der Waals surface area contributed by atoms with E-state index >= 15 is 0 Å². The van der Waals surface area contributed by atoms with E-state index in [9.17, 15) is 37.8 Å². The second-order valence-electron chi connectivity index (χ2n) is 9.59. The van der Waals surface area contributed by atoms with Crippen molar-refractivity contribution < 1.29 is 52.2 Å². The number of phenols is 1. The Morgan fingerprint density at radius 2 is 1.83 bits per heavy atom. The fraction of sp³-hybridized carbons (Fsp3) is 0.296. The number of hydrogen-bond acceptors (Lipinski definition) is 8. The first-order valence-electron chi connectivity index (χ1n) is 12.5. The average molecular weight is 607 g/mol. The van der Waals surface area contributed by atoms with Crippen LogP contribution >= 0.6 is 11.8 Å². The van der Waals surface area contributed by atoms with Crippen molar-refractivity contribution >= 4 is 35.5 Å². The summed E-state index contributed by atoms with van der Waals surface area (Å²) in [6, 6.07) is 10.3. The third-order valence-electron chi connectivity index (χ3n) is 6.65. The summed E-state index contributed by atoms with van der Waals surface area (Å²) in [7, 11) is 0. The molecule has 2 aromatic rings. The summed E-state index contributed by atoms with van der Waals surface area (Å²) in [5.41, 5.74) is 8.47. The first-order valence-corrected chi connectivity index (χ1v) is 13.5. The molecule has 0 radical (unpaired) electrons. The molecule has 1 aromatic heterocycles. The van der Waals surface area contributed by atoms with Crippen molar-refractivity contribution in [3.63, 3.8) is 0 Å². The molecule has 4 heterocycles. The van der Waals surface area contributed by atoms with Crippen molar-refractivity contribution in [2.24, 2.45) is 5.73 Å². The standard InChI is InChI=1S/C25H24N4O5S.C2HF3O2/c26-20-23(32)29-21(25(33)34)18(14-35-24(20)29)11-17-6-9-28(22(17)31)13-15-4-7-27(8-5-15)12-16-2-1-3-19(30)10-16;3-2(4,5)1(6)7/h1-5,7-8,10-11,20,24H,6,9,12-14,26H2,(H-,30,33,34);(H,6,7)/t20-,24-;/m1./s1. The largest absolute Gasteiger partial charge is 0.543 e. The van der Waals surface area contributed by atoms with E-state index in [1.54, 1.807) is 29.2 Å². The van der Waals surface area contributed by atoms with Crippen LogP contribution in [0, 0.1) is 0 Å². The van der Waals surface area contributed by atoms with Crippen LogP contribution in [-0.2, 0) is 32.3 Å². The molecule has 3 aliphatic heterocycles. The SMILES string of the molecule is N[C@@H]1C(=O)N2C(C(=O)[O-])=C(C=C3CCN(Cc4cc[n+](Cc5cccc(O)c5)cc4)C3=O)CS[C@H]12.O=C(O)C(F)(F)F. The van der Waals surface area contributed by atoms with Crippen LogP contribution < -0.4 is 15.4 Å². The number of amides is 2. The van der Waals surface area contributed by atoms with Crippen molar-refractivity contribution in [2.45, 2.75) is 37.1 Å². The lowest BCUT2D eigenvalue weighted by Gasteiger charge is -2.49. The van der Waals surface area contributed by atoms with Crippen LogP contribution in [0.4, 0.5) is 13.2 Å². The zero-order chi connectivity index (χ0) is 30.8. The highest BCUT2D eigenvalue weighted by molar-refractivity contribution is 8.00. The van der Waals surface area contributed by atoms with E-state index in [1.807, 2.05) is 35.2 Å². The van der Waals surface area contributed by atoms with Crippen LogP contribution in [-0.4, -0.2) is 73.7 Å². The first kappa shape index (κ1) is 30.6. The van der Waals surface area contributed by atoms with E-state index in [-0.39, 0.29) is 17.4 Å². The highest BCUT2D eigenvalue weighted by atomic mass is 32.2. The van der Waals surface area contributed by atoms with Gasteiger partial charge in [-0.1, -0.05) is 12.1 Å². The minimum Gasteiger partial charge on any atom is -0.543 e. The van der Waals surface area contributed by atoms with Crippen LogP contribution in [0.5, 0.6) is 5.75 Å². The Labute approximate surface area is 241 Å². The molecule has 4 N–H and O–H groups in total. The van der Waals surface area contributed by atoms with Gasteiger partial charge in [-0.15, -0.1) is 11.8 Å². The smallest absolute Gasteiger partial charge is 0.490 e. The number of allylic oxidation sites excluding steroid dienone is 1. The Hall–Kier alpha value is -4.37. The van der Waals surface area contributed by atoms with E-state index in [0.717, 1.165) is 11.1 Å². The number of likely N-dealkylation sites (tertiary alicyclic amines) is 1. The Balaban J connectivity index is 0.000000517. The van der Waals surface area contributed by atoms with Crippen molar-refractivity contribution in [1.29, 1.82) is 0 Å². The lowest BCUT2D eigenvalue weighted by Crippen LogP contribution is -2.69. The number of carbonyl (C=O) groups is 4. The molecule has 11 nitrogen and oxygen atoms in total. The summed E-state index contributed by atoms with van der Waals surface area (Å²) in [6.45, 7) is 1.58. The van der Waals surface area contributed by atoms with Gasteiger partial charge in [0.05, 0.1) is 11.7 Å². The van der Waals surface area contributed by atoms with Gasteiger partial charge in [-0.2, -0.15) is 13.2 Å². The minimum atomic E-state index is -5.08. The van der Waals surface area contributed by atoms with Crippen molar-refractivity contribution in [3.8, 4) is 5.75 Å². The number of nitrogens with zero attached hydrogens (tertiary/aromatic N) is 3. The number of pyridine rings is 1. The van der Waals surface area contributed by atoms with Gasteiger partial charge in [0.1, 0.15) is 17.2 Å². The molecule has 2 fully saturated rings. The van der Waals surface area contributed by atoms with E-state index in [0.29, 0.717) is 43.0 Å². The quantitative estimate of drug-likeness (QED) is 0.237. The Morgan fingerprint density at radius 1 is 1.17 bits per heavy atom. The molecule has 42 heavy (non-hydrogen) atoms. The van der Waals surface area contributed by atoms with Crippen LogP contribution in [0.15, 0.2) is 71.7 Å². The van der Waals surface area contributed by atoms with Gasteiger partial charge in [-0.25, -0.2) is 9.36 Å². The summed E-state index contributed by atoms with van der Waals surface area (Å²) >= 11 is 1.39.